The Hall–Kier alpha value is -1.15. The van der Waals surface area contributed by atoms with Gasteiger partial charge in [-0.15, -0.1) is 0 Å². The lowest BCUT2D eigenvalue weighted by Crippen LogP contribution is -2.18. The highest BCUT2D eigenvalue weighted by molar-refractivity contribution is 5.14. The Morgan fingerprint density at radius 1 is 1.43 bits per heavy atom. The first-order chi connectivity index (χ1) is 6.70. The second-order valence-corrected chi connectivity index (χ2v) is 3.69. The van der Waals surface area contributed by atoms with Crippen molar-refractivity contribution in [1.29, 1.82) is 0 Å². The maximum atomic E-state index is 4.00. The molecule has 0 amide bonds. The third kappa shape index (κ3) is 3.71. The van der Waals surface area contributed by atoms with Crippen molar-refractivity contribution in [2.24, 2.45) is 0 Å². The zero-order valence-corrected chi connectivity index (χ0v) is 9.12. The summed E-state index contributed by atoms with van der Waals surface area (Å²) in [5, 5.41) is 3.43. The van der Waals surface area contributed by atoms with Gasteiger partial charge in [-0.3, -0.25) is 4.98 Å². The summed E-state index contributed by atoms with van der Waals surface area (Å²) >= 11 is 0. The molecule has 2 nitrogen and oxygen atoms in total. The molecule has 0 bridgehead atoms. The summed E-state index contributed by atoms with van der Waals surface area (Å²) in [4.78, 5) is 4.00. The van der Waals surface area contributed by atoms with Gasteiger partial charge in [0.05, 0.1) is 0 Å². The van der Waals surface area contributed by atoms with Crippen molar-refractivity contribution in [2.75, 3.05) is 6.54 Å². The summed E-state index contributed by atoms with van der Waals surface area (Å²) in [6.45, 7) is 7.30. The molecule has 1 heterocycles. The van der Waals surface area contributed by atoms with Crippen LogP contribution in [0, 0.1) is 0 Å². The number of hydrogen-bond acceptors (Lipinski definition) is 2. The Morgan fingerprint density at radius 2 is 2.07 bits per heavy atom. The van der Waals surface area contributed by atoms with Crippen LogP contribution in [0.5, 0.6) is 0 Å². The van der Waals surface area contributed by atoms with Gasteiger partial charge in [-0.25, -0.2) is 0 Å². The number of nitrogens with zero attached hydrogens (tertiary/aromatic N) is 1. The first-order valence-corrected chi connectivity index (χ1v) is 4.97. The van der Waals surface area contributed by atoms with Gasteiger partial charge in [0.25, 0.3) is 0 Å². The molecule has 1 rings (SSSR count). The molecule has 0 aliphatic heterocycles. The minimum absolute atomic E-state index is 0.383. The van der Waals surface area contributed by atoms with Gasteiger partial charge in [-0.1, -0.05) is 11.6 Å². The van der Waals surface area contributed by atoms with Gasteiger partial charge in [0.1, 0.15) is 0 Å². The molecule has 0 aliphatic rings. The number of pyridine rings is 1. The molecule has 0 radical (unpaired) electrons. The zero-order valence-electron chi connectivity index (χ0n) is 9.12. The molecule has 1 N–H and O–H groups in total. The van der Waals surface area contributed by atoms with E-state index in [0.29, 0.717) is 6.04 Å². The van der Waals surface area contributed by atoms with Crippen LogP contribution in [0.15, 0.2) is 36.2 Å². The predicted octanol–water partition coefficient (Wildman–Crippen LogP) is 2.70. The molecule has 0 spiro atoms. The third-order valence-corrected chi connectivity index (χ3v) is 2.14. The second-order valence-electron chi connectivity index (χ2n) is 3.69. The predicted molar refractivity (Wildman–Crippen MR) is 60.1 cm³/mol. The fourth-order valence-corrected chi connectivity index (χ4v) is 1.21. The van der Waals surface area contributed by atoms with E-state index in [4.69, 9.17) is 0 Å². The van der Waals surface area contributed by atoms with Crippen molar-refractivity contribution in [1.82, 2.24) is 10.3 Å². The Labute approximate surface area is 86.1 Å². The van der Waals surface area contributed by atoms with Crippen LogP contribution in [0.3, 0.4) is 0 Å². The smallest absolute Gasteiger partial charge is 0.0295 e. The van der Waals surface area contributed by atoms with Gasteiger partial charge in [-0.2, -0.15) is 0 Å². The fourth-order valence-electron chi connectivity index (χ4n) is 1.21. The van der Waals surface area contributed by atoms with Crippen molar-refractivity contribution in [2.45, 2.75) is 26.8 Å². The van der Waals surface area contributed by atoms with Crippen molar-refractivity contribution in [3.63, 3.8) is 0 Å². The first-order valence-electron chi connectivity index (χ1n) is 4.97. The molecule has 0 saturated carbocycles. The molecule has 14 heavy (non-hydrogen) atoms. The van der Waals surface area contributed by atoms with Gasteiger partial charge in [0.15, 0.2) is 0 Å². The van der Waals surface area contributed by atoms with Crippen molar-refractivity contribution < 1.29 is 0 Å². The lowest BCUT2D eigenvalue weighted by molar-refractivity contribution is 0.615. The highest BCUT2D eigenvalue weighted by Crippen LogP contribution is 2.09. The van der Waals surface area contributed by atoms with Crippen LogP contribution >= 0.6 is 0 Å². The van der Waals surface area contributed by atoms with E-state index in [1.165, 1.54) is 11.1 Å². The van der Waals surface area contributed by atoms with Crippen LogP contribution in [0.25, 0.3) is 0 Å². The molecular formula is C12H18N2. The van der Waals surface area contributed by atoms with Crippen LogP contribution in [-0.2, 0) is 0 Å². The monoisotopic (exact) mass is 190 g/mol. The maximum Gasteiger partial charge on any atom is 0.0295 e. The molecule has 0 aliphatic carbocycles. The Bertz CT molecular complexity index is 286. The lowest BCUT2D eigenvalue weighted by Gasteiger charge is -2.12. The van der Waals surface area contributed by atoms with Gasteiger partial charge in [0.2, 0.25) is 0 Å². The van der Waals surface area contributed by atoms with E-state index in [0.717, 1.165) is 6.54 Å². The summed E-state index contributed by atoms with van der Waals surface area (Å²) in [5.41, 5.74) is 2.63. The standard InChI is InChI=1S/C12H18N2/c1-10(2)4-9-14-11(3)12-5-7-13-8-6-12/h4-8,11,14H,9H2,1-3H3. The Morgan fingerprint density at radius 3 is 2.64 bits per heavy atom. The molecule has 1 unspecified atom stereocenters. The van der Waals surface area contributed by atoms with Crippen LogP contribution in [0.2, 0.25) is 0 Å². The summed E-state index contributed by atoms with van der Waals surface area (Å²) in [6, 6.07) is 4.47. The van der Waals surface area contributed by atoms with E-state index in [1.807, 2.05) is 24.5 Å². The average molecular weight is 190 g/mol. The quantitative estimate of drug-likeness (QED) is 0.738. The van der Waals surface area contributed by atoms with Crippen molar-refractivity contribution >= 4 is 0 Å². The van der Waals surface area contributed by atoms with Crippen molar-refractivity contribution in [3.05, 3.63) is 41.7 Å². The zero-order chi connectivity index (χ0) is 10.4. The van der Waals surface area contributed by atoms with E-state index in [-0.39, 0.29) is 0 Å². The largest absolute Gasteiger partial charge is 0.307 e. The minimum atomic E-state index is 0.383. The van der Waals surface area contributed by atoms with Crippen LogP contribution in [-0.4, -0.2) is 11.5 Å². The molecule has 1 aromatic heterocycles. The molecule has 0 fully saturated rings. The van der Waals surface area contributed by atoms with Gasteiger partial charge in [-0.05, 0) is 38.5 Å². The number of hydrogen-bond donors (Lipinski definition) is 1. The highest BCUT2D eigenvalue weighted by Gasteiger charge is 2.01. The molecule has 1 aromatic rings. The average Bonchev–Trinajstić information content (AvgIpc) is 2.18. The number of allylic oxidation sites excluding steroid dienone is 1. The highest BCUT2D eigenvalue weighted by atomic mass is 14.9. The Kier molecular flexibility index (Phi) is 4.33. The molecule has 0 saturated heterocycles. The normalized spacial score (nSPS) is 12.2. The molecule has 2 heteroatoms. The minimum Gasteiger partial charge on any atom is -0.307 e. The van der Waals surface area contributed by atoms with Crippen LogP contribution in [0.4, 0.5) is 0 Å². The Balaban J connectivity index is 2.43. The topological polar surface area (TPSA) is 24.9 Å². The van der Waals surface area contributed by atoms with E-state index >= 15 is 0 Å². The number of aromatic nitrogens is 1. The number of nitrogens with one attached hydrogen (secondary N) is 1. The summed E-state index contributed by atoms with van der Waals surface area (Å²) in [7, 11) is 0. The molecule has 0 aromatic carbocycles. The van der Waals surface area contributed by atoms with Gasteiger partial charge >= 0.3 is 0 Å². The van der Waals surface area contributed by atoms with Crippen LogP contribution in [0.1, 0.15) is 32.4 Å². The van der Waals surface area contributed by atoms with Crippen molar-refractivity contribution in [3.8, 4) is 0 Å². The fraction of sp³-hybridized carbons (Fsp3) is 0.417. The second kappa shape index (κ2) is 5.55. The summed E-state index contributed by atoms with van der Waals surface area (Å²) < 4.78 is 0. The summed E-state index contributed by atoms with van der Waals surface area (Å²) in [6.07, 6.45) is 5.85. The third-order valence-electron chi connectivity index (χ3n) is 2.14. The SMILES string of the molecule is CC(C)=CCNC(C)c1ccncc1. The molecule has 76 valence electrons. The van der Waals surface area contributed by atoms with E-state index in [1.54, 1.807) is 0 Å². The molecule has 1 atom stereocenters. The van der Waals surface area contributed by atoms with Gasteiger partial charge in [0, 0.05) is 25.0 Å². The summed E-state index contributed by atoms with van der Waals surface area (Å²) in [5.74, 6) is 0. The maximum absolute atomic E-state index is 4.00. The van der Waals surface area contributed by atoms with E-state index in [2.05, 4.69) is 37.1 Å². The first kappa shape index (κ1) is 10.9. The number of rotatable bonds is 4. The molecular weight excluding hydrogens is 172 g/mol. The lowest BCUT2D eigenvalue weighted by atomic mass is 10.1. The van der Waals surface area contributed by atoms with E-state index in [9.17, 15) is 0 Å². The van der Waals surface area contributed by atoms with Gasteiger partial charge < -0.3 is 5.32 Å². The van der Waals surface area contributed by atoms with Crippen LogP contribution < -0.4 is 5.32 Å². The van der Waals surface area contributed by atoms with E-state index < -0.39 is 0 Å².